The lowest BCUT2D eigenvalue weighted by molar-refractivity contribution is 0.352. The molecule has 0 saturated heterocycles. The molecule has 0 radical (unpaired) electrons. The van der Waals surface area contributed by atoms with Gasteiger partial charge in [-0.15, -0.1) is 0 Å². The van der Waals surface area contributed by atoms with Crippen LogP contribution in [0.4, 0.5) is 4.39 Å². The molecule has 0 saturated carbocycles. The predicted octanol–water partition coefficient (Wildman–Crippen LogP) is 2.63. The van der Waals surface area contributed by atoms with Crippen LogP contribution in [0.15, 0.2) is 12.1 Å². The lowest BCUT2D eigenvalue weighted by atomic mass is 9.93. The van der Waals surface area contributed by atoms with Gasteiger partial charge in [0.05, 0.1) is 14.2 Å². The molecule has 0 aliphatic rings. The number of halogens is 1. The van der Waals surface area contributed by atoms with Gasteiger partial charge >= 0.3 is 0 Å². The van der Waals surface area contributed by atoms with E-state index in [1.165, 1.54) is 0 Å². The van der Waals surface area contributed by atoms with Crippen LogP contribution in [0.3, 0.4) is 0 Å². The summed E-state index contributed by atoms with van der Waals surface area (Å²) in [6.45, 7) is 2.11. The summed E-state index contributed by atoms with van der Waals surface area (Å²) in [7, 11) is 3.12. The summed E-state index contributed by atoms with van der Waals surface area (Å²) >= 11 is 0. The molecular weight excluding hydrogens is 221 g/mol. The Morgan fingerprint density at radius 1 is 1.24 bits per heavy atom. The van der Waals surface area contributed by atoms with Gasteiger partial charge in [-0.3, -0.25) is 0 Å². The van der Waals surface area contributed by atoms with Crippen molar-refractivity contribution in [2.24, 2.45) is 5.73 Å². The summed E-state index contributed by atoms with van der Waals surface area (Å²) in [5, 5.41) is 0. The van der Waals surface area contributed by atoms with Crippen molar-refractivity contribution in [1.29, 1.82) is 0 Å². The smallest absolute Gasteiger partial charge is 0.161 e. The molecule has 1 atom stereocenters. The Hall–Kier alpha value is -1.29. The second-order valence-electron chi connectivity index (χ2n) is 4.02. The lowest BCUT2D eigenvalue weighted by Crippen LogP contribution is -2.07. The summed E-state index contributed by atoms with van der Waals surface area (Å²) in [6, 6.07) is 3.54. The number of ether oxygens (including phenoxy) is 2. The highest BCUT2D eigenvalue weighted by atomic mass is 19.1. The van der Waals surface area contributed by atoms with Crippen molar-refractivity contribution in [2.75, 3.05) is 20.8 Å². The molecule has 1 rings (SSSR count). The Bertz CT molecular complexity index is 369. The highest BCUT2D eigenvalue weighted by molar-refractivity contribution is 5.48. The van der Waals surface area contributed by atoms with E-state index in [1.807, 2.05) is 13.0 Å². The van der Waals surface area contributed by atoms with Crippen molar-refractivity contribution in [1.82, 2.24) is 0 Å². The Labute approximate surface area is 102 Å². The Morgan fingerprint density at radius 3 is 2.29 bits per heavy atom. The molecule has 1 aromatic carbocycles. The molecule has 4 heteroatoms. The zero-order valence-corrected chi connectivity index (χ0v) is 10.6. The third kappa shape index (κ3) is 3.09. The molecule has 0 spiro atoms. The van der Waals surface area contributed by atoms with E-state index in [-0.39, 0.29) is 5.92 Å². The molecule has 0 amide bonds. The average molecular weight is 241 g/mol. The van der Waals surface area contributed by atoms with Crippen LogP contribution in [0.5, 0.6) is 11.5 Å². The fraction of sp³-hybridized carbons (Fsp3) is 0.538. The van der Waals surface area contributed by atoms with Gasteiger partial charge < -0.3 is 15.2 Å². The maximum Gasteiger partial charge on any atom is 0.161 e. The molecule has 0 aliphatic heterocycles. The Balaban J connectivity index is 3.18. The van der Waals surface area contributed by atoms with Crippen molar-refractivity contribution < 1.29 is 13.9 Å². The van der Waals surface area contributed by atoms with E-state index in [4.69, 9.17) is 15.2 Å². The number of hydrogen-bond acceptors (Lipinski definition) is 3. The zero-order chi connectivity index (χ0) is 12.8. The molecular formula is C13H20FNO2. The maximum atomic E-state index is 13.0. The highest BCUT2D eigenvalue weighted by Crippen LogP contribution is 2.35. The van der Waals surface area contributed by atoms with Crippen LogP contribution in [0, 0.1) is 0 Å². The Kier molecular flexibility index (Phi) is 5.22. The van der Waals surface area contributed by atoms with Gasteiger partial charge in [-0.05, 0) is 42.1 Å². The number of benzene rings is 1. The molecule has 0 bridgehead atoms. The van der Waals surface area contributed by atoms with Gasteiger partial charge in [-0.25, -0.2) is 4.39 Å². The quantitative estimate of drug-likeness (QED) is 0.832. The fourth-order valence-electron chi connectivity index (χ4n) is 1.92. The van der Waals surface area contributed by atoms with Crippen LogP contribution in [-0.2, 0) is 6.67 Å². The molecule has 17 heavy (non-hydrogen) atoms. The van der Waals surface area contributed by atoms with Gasteiger partial charge in [0.25, 0.3) is 0 Å². The largest absolute Gasteiger partial charge is 0.493 e. The molecule has 96 valence electrons. The second kappa shape index (κ2) is 6.45. The third-order valence-corrected chi connectivity index (χ3v) is 2.92. The van der Waals surface area contributed by atoms with Crippen LogP contribution >= 0.6 is 0 Å². The van der Waals surface area contributed by atoms with Crippen molar-refractivity contribution in [2.45, 2.75) is 25.9 Å². The fourth-order valence-corrected chi connectivity index (χ4v) is 1.92. The first-order valence-electron chi connectivity index (χ1n) is 5.68. The summed E-state index contributed by atoms with van der Waals surface area (Å²) in [5.41, 5.74) is 7.12. The lowest BCUT2D eigenvalue weighted by Gasteiger charge is -2.17. The van der Waals surface area contributed by atoms with Crippen molar-refractivity contribution in [3.8, 4) is 11.5 Å². The molecule has 0 fully saturated rings. The van der Waals surface area contributed by atoms with E-state index >= 15 is 0 Å². The normalized spacial score (nSPS) is 12.3. The van der Waals surface area contributed by atoms with Gasteiger partial charge in [0, 0.05) is 0 Å². The van der Waals surface area contributed by atoms with Crippen LogP contribution in [0.25, 0.3) is 0 Å². The Morgan fingerprint density at radius 2 is 1.82 bits per heavy atom. The predicted molar refractivity (Wildman–Crippen MR) is 66.4 cm³/mol. The molecule has 1 unspecified atom stereocenters. The van der Waals surface area contributed by atoms with E-state index in [0.29, 0.717) is 23.6 Å². The van der Waals surface area contributed by atoms with Crippen LogP contribution in [0.2, 0.25) is 0 Å². The van der Waals surface area contributed by atoms with Crippen molar-refractivity contribution in [3.05, 3.63) is 23.3 Å². The first-order valence-corrected chi connectivity index (χ1v) is 5.68. The van der Waals surface area contributed by atoms with Crippen molar-refractivity contribution in [3.63, 3.8) is 0 Å². The number of methoxy groups -OCH3 is 2. The SMILES string of the molecule is COc1cc(CF)c(C(C)CCN)cc1OC. The minimum atomic E-state index is -0.509. The monoisotopic (exact) mass is 241 g/mol. The molecule has 3 nitrogen and oxygen atoms in total. The van der Waals surface area contributed by atoms with E-state index in [9.17, 15) is 4.39 Å². The molecule has 0 aromatic heterocycles. The molecule has 2 N–H and O–H groups in total. The summed E-state index contributed by atoms with van der Waals surface area (Å²) in [5.74, 6) is 1.40. The van der Waals surface area contributed by atoms with Gasteiger partial charge in [0.2, 0.25) is 0 Å². The van der Waals surface area contributed by atoms with Crippen LogP contribution in [0.1, 0.15) is 30.4 Å². The van der Waals surface area contributed by atoms with Gasteiger partial charge in [-0.1, -0.05) is 6.92 Å². The van der Waals surface area contributed by atoms with E-state index in [0.717, 1.165) is 12.0 Å². The third-order valence-electron chi connectivity index (χ3n) is 2.92. The number of alkyl halides is 1. The average Bonchev–Trinajstić information content (AvgIpc) is 2.37. The first kappa shape index (κ1) is 13.8. The first-order chi connectivity index (χ1) is 8.17. The summed E-state index contributed by atoms with van der Waals surface area (Å²) in [4.78, 5) is 0. The number of nitrogens with two attached hydrogens (primary N) is 1. The van der Waals surface area contributed by atoms with E-state index in [2.05, 4.69) is 0 Å². The van der Waals surface area contributed by atoms with E-state index in [1.54, 1.807) is 20.3 Å². The molecule has 0 heterocycles. The van der Waals surface area contributed by atoms with Crippen molar-refractivity contribution >= 4 is 0 Å². The maximum absolute atomic E-state index is 13.0. The molecule has 1 aromatic rings. The number of rotatable bonds is 6. The highest BCUT2D eigenvalue weighted by Gasteiger charge is 2.15. The second-order valence-corrected chi connectivity index (χ2v) is 4.02. The minimum Gasteiger partial charge on any atom is -0.493 e. The minimum absolute atomic E-state index is 0.213. The van der Waals surface area contributed by atoms with E-state index < -0.39 is 6.67 Å². The summed E-state index contributed by atoms with van der Waals surface area (Å²) in [6.07, 6.45) is 0.822. The standard InChI is InChI=1S/C13H20FNO2/c1-9(4-5-15)11-7-13(17-3)12(16-2)6-10(11)8-14/h6-7,9H,4-5,8,15H2,1-3H3. The van der Waals surface area contributed by atoms with Gasteiger partial charge in [-0.2, -0.15) is 0 Å². The van der Waals surface area contributed by atoms with Gasteiger partial charge in [0.1, 0.15) is 6.67 Å². The topological polar surface area (TPSA) is 44.5 Å². The zero-order valence-electron chi connectivity index (χ0n) is 10.6. The summed E-state index contributed by atoms with van der Waals surface area (Å²) < 4.78 is 23.4. The van der Waals surface area contributed by atoms with Crippen LogP contribution in [-0.4, -0.2) is 20.8 Å². The van der Waals surface area contributed by atoms with Crippen LogP contribution < -0.4 is 15.2 Å². The number of hydrogen-bond donors (Lipinski definition) is 1. The molecule has 0 aliphatic carbocycles. The van der Waals surface area contributed by atoms with Gasteiger partial charge in [0.15, 0.2) is 11.5 Å².